The monoisotopic (exact) mass is 769 g/mol. The maximum atomic E-state index is 15.1. The Kier molecular flexibility index (Phi) is 9.69. The molecule has 56 heavy (non-hydrogen) atoms. The molecule has 0 spiro atoms. The number of rotatable bonds is 10. The molecule has 1 unspecified atom stereocenters. The van der Waals surface area contributed by atoms with Crippen molar-refractivity contribution >= 4 is 23.9 Å². The number of amides is 2. The number of nitrogens with zero attached hydrogens (tertiary/aromatic N) is 2. The van der Waals surface area contributed by atoms with Gasteiger partial charge >= 0.3 is 5.97 Å². The second-order valence-corrected chi connectivity index (χ2v) is 18.1. The highest BCUT2D eigenvalue weighted by Gasteiger charge is 2.75. The zero-order valence-corrected chi connectivity index (χ0v) is 32.9. The van der Waals surface area contributed by atoms with E-state index in [0.29, 0.717) is 23.4 Å². The van der Waals surface area contributed by atoms with Crippen LogP contribution in [-0.4, -0.2) is 108 Å². The molecule has 0 radical (unpaired) electrons. The van der Waals surface area contributed by atoms with Gasteiger partial charge in [-0.1, -0.05) is 80.1 Å². The smallest absolute Gasteiger partial charge is 0.327 e. The average Bonchev–Trinajstić information content (AvgIpc) is 3.47. The number of carbonyl (C=O) groups excluding carboxylic acids is 3. The van der Waals surface area contributed by atoms with Gasteiger partial charge in [0, 0.05) is 26.4 Å². The number of carbonyl (C=O) groups is 3. The molecular formula is C44H55N3O9. The van der Waals surface area contributed by atoms with Crippen molar-refractivity contribution in [2.45, 2.75) is 120 Å². The summed E-state index contributed by atoms with van der Waals surface area (Å²) in [5, 5.41) is 13.8. The van der Waals surface area contributed by atoms with E-state index in [1.807, 2.05) is 30.3 Å². The number of benzene rings is 2. The number of hydrogen-bond donors (Lipinski definition) is 2. The highest BCUT2D eigenvalue weighted by molar-refractivity contribution is 5.96. The minimum Gasteiger partial charge on any atom is -0.458 e. The molecule has 3 saturated carbocycles. The minimum absolute atomic E-state index is 0.00270. The summed E-state index contributed by atoms with van der Waals surface area (Å²) in [5.41, 5.74) is 3.42. The van der Waals surface area contributed by atoms with Crippen LogP contribution in [0.15, 0.2) is 60.2 Å². The van der Waals surface area contributed by atoms with Crippen LogP contribution in [0.4, 0.5) is 0 Å². The van der Waals surface area contributed by atoms with Crippen LogP contribution in [0.1, 0.15) is 76.0 Å². The highest BCUT2D eigenvalue weighted by atomic mass is 16.8. The third kappa shape index (κ3) is 6.41. The molecule has 0 aromatic heterocycles. The Hall–Kier alpha value is -3.65. The molecule has 4 saturated heterocycles. The Labute approximate surface area is 328 Å². The Morgan fingerprint density at radius 2 is 1.79 bits per heavy atom. The van der Waals surface area contributed by atoms with Gasteiger partial charge in [-0.15, -0.1) is 0 Å². The van der Waals surface area contributed by atoms with Crippen molar-refractivity contribution in [2.24, 2.45) is 22.7 Å². The lowest BCUT2D eigenvalue weighted by molar-refractivity contribution is -0.204. The van der Waals surface area contributed by atoms with Gasteiger partial charge < -0.3 is 34.3 Å². The Balaban J connectivity index is 0.986. The Bertz CT molecular complexity index is 1870. The quantitative estimate of drug-likeness (QED) is 0.268. The zero-order chi connectivity index (χ0) is 39.0. The molecule has 4 aliphatic heterocycles. The number of hydroxylamine groups is 2. The fourth-order valence-electron chi connectivity index (χ4n) is 11.1. The van der Waals surface area contributed by atoms with E-state index < -0.39 is 59.7 Å². The Morgan fingerprint density at radius 1 is 1.02 bits per heavy atom. The van der Waals surface area contributed by atoms with Crippen molar-refractivity contribution in [1.29, 1.82) is 0 Å². The molecule has 2 bridgehead atoms. The van der Waals surface area contributed by atoms with E-state index >= 15 is 4.79 Å². The molecule has 11 atom stereocenters. The van der Waals surface area contributed by atoms with Gasteiger partial charge in [0.2, 0.25) is 11.8 Å². The predicted molar refractivity (Wildman–Crippen MR) is 204 cm³/mol. The van der Waals surface area contributed by atoms with Gasteiger partial charge in [0.25, 0.3) is 0 Å². The molecule has 4 heterocycles. The Morgan fingerprint density at radius 3 is 2.54 bits per heavy atom. The van der Waals surface area contributed by atoms with E-state index in [2.05, 4.69) is 56.4 Å². The first-order valence-electron chi connectivity index (χ1n) is 20.5. The van der Waals surface area contributed by atoms with Crippen LogP contribution < -0.4 is 5.32 Å². The number of epoxide rings is 1. The van der Waals surface area contributed by atoms with Crippen LogP contribution in [0.3, 0.4) is 0 Å². The fraction of sp³-hybridized carbons (Fsp3) is 0.614. The van der Waals surface area contributed by atoms with Gasteiger partial charge in [-0.2, -0.15) is 5.06 Å². The zero-order valence-electron chi connectivity index (χ0n) is 32.9. The fourth-order valence-corrected chi connectivity index (χ4v) is 11.1. The molecule has 7 fully saturated rings. The number of aliphatic hydroxyl groups excluding tert-OH is 1. The van der Waals surface area contributed by atoms with Crippen molar-refractivity contribution in [1.82, 2.24) is 15.3 Å². The van der Waals surface area contributed by atoms with Gasteiger partial charge in [-0.05, 0) is 73.0 Å². The van der Waals surface area contributed by atoms with Crippen molar-refractivity contribution in [3.8, 4) is 0 Å². The summed E-state index contributed by atoms with van der Waals surface area (Å²) < 4.78 is 24.2. The van der Waals surface area contributed by atoms with Gasteiger partial charge in [0.1, 0.15) is 42.7 Å². The minimum atomic E-state index is -1.40. The first-order chi connectivity index (χ1) is 26.9. The van der Waals surface area contributed by atoms with E-state index in [1.54, 1.807) is 12.1 Å². The van der Waals surface area contributed by atoms with Gasteiger partial charge in [-0.3, -0.25) is 19.2 Å². The van der Waals surface area contributed by atoms with E-state index in [1.165, 1.54) is 23.3 Å². The van der Waals surface area contributed by atoms with Crippen LogP contribution in [0, 0.1) is 22.7 Å². The summed E-state index contributed by atoms with van der Waals surface area (Å²) in [7, 11) is 1.61. The first-order valence-corrected chi connectivity index (χ1v) is 20.5. The number of likely N-dealkylation sites (N-methyl/N-ethyl adjacent to an activating group) is 1. The van der Waals surface area contributed by atoms with E-state index in [0.717, 1.165) is 36.0 Å². The highest BCUT2D eigenvalue weighted by Crippen LogP contribution is 2.60. The predicted octanol–water partition coefficient (Wildman–Crippen LogP) is 4.18. The first kappa shape index (κ1) is 37.9. The standard InChI is InChI=1S/C44H55N3O9/c1-42(2)22-30-29(14-15-34-43(3,55-34)17-16-31(30)42)20-27-10-12-28(13-11-27)24-47-37-40(50)54-33-23-44(37,38(56-47)36-35(33)52-25-53-36)41(51)46(4)32(39(49)45-18-19-48)21-26-8-6-5-7-9-26/h5-13,20,30-38,48H,14-19,21-25H2,1-4H3,(H,45,49)/t30-,31-,32-,33-,34?,35+,36+,37+,38-,43-,44+/m1/s1. The number of ether oxygens (including phenoxy) is 4. The van der Waals surface area contributed by atoms with E-state index in [4.69, 9.17) is 23.8 Å². The van der Waals surface area contributed by atoms with Gasteiger partial charge in [0.05, 0.1) is 24.9 Å². The molecular weight excluding hydrogens is 714 g/mol. The van der Waals surface area contributed by atoms with Crippen LogP contribution >= 0.6 is 0 Å². The molecule has 2 aromatic rings. The third-order valence-electron chi connectivity index (χ3n) is 14.3. The summed E-state index contributed by atoms with van der Waals surface area (Å²) >= 11 is 0. The summed E-state index contributed by atoms with van der Waals surface area (Å²) in [6, 6.07) is 15.9. The molecule has 3 aliphatic carbocycles. The van der Waals surface area contributed by atoms with Gasteiger partial charge in [-0.25, -0.2) is 0 Å². The lowest BCUT2D eigenvalue weighted by Crippen LogP contribution is -2.70. The van der Waals surface area contributed by atoms with Crippen molar-refractivity contribution < 1.29 is 43.3 Å². The number of allylic oxidation sites excluding steroid dienone is 1. The summed E-state index contributed by atoms with van der Waals surface area (Å²) in [5.74, 6) is -0.0925. The maximum absolute atomic E-state index is 15.1. The number of esters is 1. The van der Waals surface area contributed by atoms with E-state index in [9.17, 15) is 14.7 Å². The largest absolute Gasteiger partial charge is 0.458 e. The number of fused-ring (bicyclic) bond motifs is 6. The average molecular weight is 770 g/mol. The lowest BCUT2D eigenvalue weighted by Gasteiger charge is -2.53. The second-order valence-electron chi connectivity index (χ2n) is 18.1. The molecule has 12 heteroatoms. The summed E-state index contributed by atoms with van der Waals surface area (Å²) in [4.78, 5) is 51.0. The summed E-state index contributed by atoms with van der Waals surface area (Å²) in [6.07, 6.45) is 6.02. The SMILES string of the molecule is CN(C(=O)[C@@]12C[C@H]3OC(=O)[C@@H]1N(Cc1ccc(C=C4CCC5O[C@]5(C)CC[C@@H]5[C@@H]4CC5(C)C)cc1)O[C@@H]2[C@H]1OCO[C@H]13)[C@H](Cc1ccccc1)C(=O)NCCO. The van der Waals surface area contributed by atoms with Crippen LogP contribution in [0.5, 0.6) is 0 Å². The number of aliphatic hydroxyl groups is 1. The van der Waals surface area contributed by atoms with Gasteiger partial charge in [0.15, 0.2) is 6.04 Å². The second kappa shape index (κ2) is 14.3. The molecule has 2 amide bonds. The molecule has 7 aliphatic rings. The molecule has 2 N–H and O–H groups in total. The number of hydrogen-bond acceptors (Lipinski definition) is 10. The van der Waals surface area contributed by atoms with Crippen molar-refractivity contribution in [3.63, 3.8) is 0 Å². The third-order valence-corrected chi connectivity index (χ3v) is 14.3. The van der Waals surface area contributed by atoms with Crippen LogP contribution in [-0.2, 0) is 51.1 Å². The lowest BCUT2D eigenvalue weighted by atomic mass is 9.52. The molecule has 9 rings (SSSR count). The molecule has 2 aromatic carbocycles. The summed E-state index contributed by atoms with van der Waals surface area (Å²) in [6.45, 7) is 7.14. The van der Waals surface area contributed by atoms with Crippen molar-refractivity contribution in [2.75, 3.05) is 27.0 Å². The van der Waals surface area contributed by atoms with Crippen LogP contribution in [0.25, 0.3) is 6.08 Å². The maximum Gasteiger partial charge on any atom is 0.327 e. The topological polar surface area (TPSA) is 139 Å². The molecule has 300 valence electrons. The van der Waals surface area contributed by atoms with Crippen LogP contribution in [0.2, 0.25) is 0 Å². The normalized spacial score (nSPS) is 37.7. The molecule has 12 nitrogen and oxygen atoms in total. The van der Waals surface area contributed by atoms with Crippen molar-refractivity contribution in [3.05, 3.63) is 76.9 Å². The van der Waals surface area contributed by atoms with E-state index in [-0.39, 0.29) is 44.9 Å². The number of nitrogens with one attached hydrogen (secondary N) is 1.